The Labute approximate surface area is 114 Å². The Balaban J connectivity index is 2.08. The molecule has 4 heteroatoms. The largest absolute Gasteiger partial charge is 0.370 e. The normalized spacial score (nSPS) is 10.7. The summed E-state index contributed by atoms with van der Waals surface area (Å²) in [7, 11) is 0. The summed E-state index contributed by atoms with van der Waals surface area (Å²) in [5.74, 6) is 0.940. The van der Waals surface area contributed by atoms with Crippen LogP contribution in [-0.2, 0) is 6.54 Å². The highest BCUT2D eigenvalue weighted by Gasteiger charge is 2.07. The molecule has 0 aliphatic heterocycles. The molecule has 19 heavy (non-hydrogen) atoms. The van der Waals surface area contributed by atoms with E-state index in [0.29, 0.717) is 0 Å². The molecule has 0 unspecified atom stereocenters. The van der Waals surface area contributed by atoms with Gasteiger partial charge in [0.1, 0.15) is 5.82 Å². The van der Waals surface area contributed by atoms with E-state index in [-0.39, 0.29) is 0 Å². The predicted molar refractivity (Wildman–Crippen MR) is 78.6 cm³/mol. The Morgan fingerprint density at radius 1 is 1.21 bits per heavy atom. The lowest BCUT2D eigenvalue weighted by atomic mass is 10.2. The van der Waals surface area contributed by atoms with E-state index in [1.807, 2.05) is 16.9 Å². The zero-order chi connectivity index (χ0) is 13.8. The summed E-state index contributed by atoms with van der Waals surface area (Å²) in [4.78, 5) is 4.42. The van der Waals surface area contributed by atoms with Gasteiger partial charge in [-0.1, -0.05) is 13.0 Å². The first-order valence-electron chi connectivity index (χ1n) is 6.81. The minimum absolute atomic E-state index is 0.779. The summed E-state index contributed by atoms with van der Waals surface area (Å²) in [5, 5.41) is 7.83. The van der Waals surface area contributed by atoms with Crippen molar-refractivity contribution in [3.8, 4) is 0 Å². The average molecular weight is 258 g/mol. The van der Waals surface area contributed by atoms with Crippen LogP contribution in [0, 0.1) is 20.8 Å². The van der Waals surface area contributed by atoms with Gasteiger partial charge in [0.15, 0.2) is 0 Å². The summed E-state index contributed by atoms with van der Waals surface area (Å²) < 4.78 is 2.04. The molecule has 0 amide bonds. The highest BCUT2D eigenvalue weighted by molar-refractivity contribution is 5.35. The topological polar surface area (TPSA) is 42.7 Å². The molecule has 4 nitrogen and oxygen atoms in total. The van der Waals surface area contributed by atoms with Crippen molar-refractivity contribution >= 4 is 5.82 Å². The molecule has 0 saturated heterocycles. The van der Waals surface area contributed by atoms with E-state index >= 15 is 0 Å². The molecule has 2 rings (SSSR count). The Morgan fingerprint density at radius 2 is 2.00 bits per heavy atom. The van der Waals surface area contributed by atoms with E-state index in [0.717, 1.165) is 31.0 Å². The van der Waals surface area contributed by atoms with Gasteiger partial charge in [-0.2, -0.15) is 5.10 Å². The van der Waals surface area contributed by atoms with Crippen LogP contribution >= 0.6 is 0 Å². The van der Waals surface area contributed by atoms with Gasteiger partial charge in [0, 0.05) is 18.4 Å². The minimum atomic E-state index is 0.779. The zero-order valence-corrected chi connectivity index (χ0v) is 12.2. The van der Waals surface area contributed by atoms with Crippen LogP contribution in [0.25, 0.3) is 0 Å². The molecule has 0 aliphatic carbocycles. The standard InChI is InChI=1S/C15H22N4/c1-5-8-16-15-7-6-14(9-17-15)10-19-13(4)11(2)12(3)18-19/h6-7,9H,5,8,10H2,1-4H3,(H,16,17). The Hall–Kier alpha value is -1.84. The van der Waals surface area contributed by atoms with E-state index in [1.54, 1.807) is 0 Å². The van der Waals surface area contributed by atoms with Gasteiger partial charge in [0.05, 0.1) is 12.2 Å². The van der Waals surface area contributed by atoms with Gasteiger partial charge in [-0.3, -0.25) is 4.68 Å². The molecule has 0 atom stereocenters. The molecular weight excluding hydrogens is 236 g/mol. The monoisotopic (exact) mass is 258 g/mol. The number of rotatable bonds is 5. The fraction of sp³-hybridized carbons (Fsp3) is 0.467. The molecular formula is C15H22N4. The predicted octanol–water partition coefficient (Wildman–Crippen LogP) is 3.07. The highest BCUT2D eigenvalue weighted by Crippen LogP contribution is 2.13. The number of nitrogens with zero attached hydrogens (tertiary/aromatic N) is 3. The van der Waals surface area contributed by atoms with Gasteiger partial charge >= 0.3 is 0 Å². The summed E-state index contributed by atoms with van der Waals surface area (Å²) in [6.07, 6.45) is 3.03. The van der Waals surface area contributed by atoms with Crippen molar-refractivity contribution < 1.29 is 0 Å². The van der Waals surface area contributed by atoms with E-state index in [1.165, 1.54) is 16.8 Å². The molecule has 0 aliphatic rings. The third kappa shape index (κ3) is 3.13. The van der Waals surface area contributed by atoms with Gasteiger partial charge in [0.25, 0.3) is 0 Å². The van der Waals surface area contributed by atoms with Gasteiger partial charge in [-0.15, -0.1) is 0 Å². The van der Waals surface area contributed by atoms with Crippen LogP contribution in [0.15, 0.2) is 18.3 Å². The van der Waals surface area contributed by atoms with Crippen molar-refractivity contribution in [2.75, 3.05) is 11.9 Å². The van der Waals surface area contributed by atoms with E-state index in [2.05, 4.69) is 49.2 Å². The molecule has 0 saturated carbocycles. The Morgan fingerprint density at radius 3 is 2.53 bits per heavy atom. The lowest BCUT2D eigenvalue weighted by molar-refractivity contribution is 0.657. The summed E-state index contributed by atoms with van der Waals surface area (Å²) in [5.41, 5.74) is 4.78. The molecule has 2 aromatic heterocycles. The third-order valence-corrected chi connectivity index (χ3v) is 3.46. The number of hydrogen-bond acceptors (Lipinski definition) is 3. The summed E-state index contributed by atoms with van der Waals surface area (Å²) in [6.45, 7) is 10.2. The van der Waals surface area contributed by atoms with Crippen LogP contribution in [0.3, 0.4) is 0 Å². The van der Waals surface area contributed by atoms with Crippen LogP contribution in [0.2, 0.25) is 0 Å². The van der Waals surface area contributed by atoms with Crippen molar-refractivity contribution in [3.63, 3.8) is 0 Å². The second-order valence-electron chi connectivity index (χ2n) is 4.93. The van der Waals surface area contributed by atoms with Gasteiger partial charge in [-0.05, 0) is 44.4 Å². The number of anilines is 1. The van der Waals surface area contributed by atoms with Crippen LogP contribution in [0.4, 0.5) is 5.82 Å². The van der Waals surface area contributed by atoms with Crippen molar-refractivity contribution in [1.29, 1.82) is 0 Å². The molecule has 2 aromatic rings. The highest BCUT2D eigenvalue weighted by atomic mass is 15.3. The van der Waals surface area contributed by atoms with Gasteiger partial charge in [-0.25, -0.2) is 4.98 Å². The van der Waals surface area contributed by atoms with Gasteiger partial charge in [0.2, 0.25) is 0 Å². The number of pyridine rings is 1. The van der Waals surface area contributed by atoms with E-state index < -0.39 is 0 Å². The first kappa shape index (κ1) is 13.6. The van der Waals surface area contributed by atoms with Crippen molar-refractivity contribution in [2.24, 2.45) is 0 Å². The van der Waals surface area contributed by atoms with Crippen LogP contribution < -0.4 is 5.32 Å². The van der Waals surface area contributed by atoms with Crippen molar-refractivity contribution in [3.05, 3.63) is 40.8 Å². The first-order chi connectivity index (χ1) is 9.11. The number of hydrogen-bond donors (Lipinski definition) is 1. The quantitative estimate of drug-likeness (QED) is 0.896. The second-order valence-corrected chi connectivity index (χ2v) is 4.93. The Bertz CT molecular complexity index is 540. The lowest BCUT2D eigenvalue weighted by Crippen LogP contribution is -2.06. The maximum atomic E-state index is 4.55. The molecule has 2 heterocycles. The maximum absolute atomic E-state index is 4.55. The molecule has 0 aromatic carbocycles. The third-order valence-electron chi connectivity index (χ3n) is 3.46. The van der Waals surface area contributed by atoms with Crippen LogP contribution in [0.5, 0.6) is 0 Å². The molecule has 102 valence electrons. The van der Waals surface area contributed by atoms with Crippen LogP contribution in [-0.4, -0.2) is 21.3 Å². The van der Waals surface area contributed by atoms with Crippen molar-refractivity contribution in [1.82, 2.24) is 14.8 Å². The van der Waals surface area contributed by atoms with Crippen LogP contribution in [0.1, 0.15) is 35.9 Å². The SMILES string of the molecule is CCCNc1ccc(Cn2nc(C)c(C)c2C)cn1. The molecule has 1 N–H and O–H groups in total. The van der Waals surface area contributed by atoms with E-state index in [4.69, 9.17) is 0 Å². The van der Waals surface area contributed by atoms with E-state index in [9.17, 15) is 0 Å². The molecule has 0 spiro atoms. The average Bonchev–Trinajstić information content (AvgIpc) is 2.66. The smallest absolute Gasteiger partial charge is 0.125 e. The second kappa shape index (κ2) is 5.87. The fourth-order valence-electron chi connectivity index (χ4n) is 1.99. The first-order valence-corrected chi connectivity index (χ1v) is 6.81. The number of aryl methyl sites for hydroxylation is 1. The molecule has 0 bridgehead atoms. The lowest BCUT2D eigenvalue weighted by Gasteiger charge is -2.07. The summed E-state index contributed by atoms with van der Waals surface area (Å²) in [6, 6.07) is 4.14. The Kier molecular flexibility index (Phi) is 4.20. The minimum Gasteiger partial charge on any atom is -0.370 e. The fourth-order valence-corrected chi connectivity index (χ4v) is 1.99. The maximum Gasteiger partial charge on any atom is 0.125 e. The number of nitrogens with one attached hydrogen (secondary N) is 1. The molecule has 0 fully saturated rings. The summed E-state index contributed by atoms with van der Waals surface area (Å²) >= 11 is 0. The number of aromatic nitrogens is 3. The molecule has 0 radical (unpaired) electrons. The van der Waals surface area contributed by atoms with Gasteiger partial charge < -0.3 is 5.32 Å². The zero-order valence-electron chi connectivity index (χ0n) is 12.2. The van der Waals surface area contributed by atoms with Crippen molar-refractivity contribution in [2.45, 2.75) is 40.7 Å².